The van der Waals surface area contributed by atoms with Crippen LogP contribution in [-0.4, -0.2) is 40.7 Å². The zero-order valence-corrected chi connectivity index (χ0v) is 14.3. The van der Waals surface area contributed by atoms with Gasteiger partial charge >= 0.3 is 0 Å². The number of aromatic nitrogens is 2. The second-order valence-corrected chi connectivity index (χ2v) is 6.59. The average molecular weight is 355 g/mol. The van der Waals surface area contributed by atoms with Crippen molar-refractivity contribution in [2.75, 3.05) is 19.6 Å². The molecule has 3 heterocycles. The molecule has 1 aromatic heterocycles. The minimum Gasteiger partial charge on any atom is -0.338 e. The van der Waals surface area contributed by atoms with Crippen molar-refractivity contribution in [3.05, 3.63) is 35.2 Å². The van der Waals surface area contributed by atoms with Crippen molar-refractivity contribution >= 4 is 24.0 Å². The fraction of sp³-hybridized carbons (Fsp3) is 0.500. The zero-order chi connectivity index (χ0) is 14.9. The van der Waals surface area contributed by atoms with Crippen molar-refractivity contribution in [2.45, 2.75) is 25.4 Å². The smallest absolute Gasteiger partial charge is 0.241 e. The predicted octanol–water partition coefficient (Wildman–Crippen LogP) is 3.00. The summed E-state index contributed by atoms with van der Waals surface area (Å²) in [5.41, 5.74) is 0.890. The van der Waals surface area contributed by atoms with E-state index in [9.17, 15) is 0 Å². The molecule has 23 heavy (non-hydrogen) atoms. The van der Waals surface area contributed by atoms with Crippen molar-refractivity contribution in [2.24, 2.45) is 5.92 Å². The maximum absolute atomic E-state index is 6.01. The van der Waals surface area contributed by atoms with E-state index in [-0.39, 0.29) is 12.4 Å². The van der Waals surface area contributed by atoms with Crippen molar-refractivity contribution in [3.63, 3.8) is 0 Å². The van der Waals surface area contributed by atoms with Gasteiger partial charge in [0.2, 0.25) is 11.7 Å². The molecule has 2 aromatic rings. The third-order valence-electron chi connectivity index (χ3n) is 4.65. The van der Waals surface area contributed by atoms with Gasteiger partial charge in [0.15, 0.2) is 0 Å². The first kappa shape index (κ1) is 16.7. The highest BCUT2D eigenvalue weighted by Crippen LogP contribution is 2.26. The normalized spacial score (nSPS) is 24.2. The van der Waals surface area contributed by atoms with Gasteiger partial charge < -0.3 is 9.84 Å². The van der Waals surface area contributed by atoms with Gasteiger partial charge in [-0.3, -0.25) is 4.90 Å². The Morgan fingerprint density at radius 2 is 2.26 bits per heavy atom. The first-order chi connectivity index (χ1) is 10.8. The summed E-state index contributed by atoms with van der Waals surface area (Å²) in [7, 11) is 0. The number of likely N-dealkylation sites (tertiary alicyclic amines) is 1. The van der Waals surface area contributed by atoms with Crippen LogP contribution in [-0.2, 0) is 6.54 Å². The molecule has 2 atom stereocenters. The lowest BCUT2D eigenvalue weighted by Gasteiger charge is -2.33. The monoisotopic (exact) mass is 354 g/mol. The Balaban J connectivity index is 0.00000156. The van der Waals surface area contributed by atoms with Crippen LogP contribution in [0.5, 0.6) is 0 Å². The minimum absolute atomic E-state index is 0. The Kier molecular flexibility index (Phi) is 5.21. The zero-order valence-electron chi connectivity index (χ0n) is 12.7. The van der Waals surface area contributed by atoms with E-state index >= 15 is 0 Å². The van der Waals surface area contributed by atoms with Crippen LogP contribution in [0.2, 0.25) is 5.02 Å². The molecule has 0 aliphatic carbocycles. The number of nitrogens with zero attached hydrogens (tertiary/aromatic N) is 3. The summed E-state index contributed by atoms with van der Waals surface area (Å²) in [4.78, 5) is 6.93. The number of nitrogens with one attached hydrogen (secondary N) is 1. The van der Waals surface area contributed by atoms with Gasteiger partial charge in [-0.15, -0.1) is 12.4 Å². The van der Waals surface area contributed by atoms with Crippen molar-refractivity contribution in [1.82, 2.24) is 20.4 Å². The highest BCUT2D eigenvalue weighted by molar-refractivity contribution is 6.30. The largest absolute Gasteiger partial charge is 0.338 e. The van der Waals surface area contributed by atoms with Crippen LogP contribution in [0.1, 0.15) is 18.7 Å². The lowest BCUT2D eigenvalue weighted by molar-refractivity contribution is 0.140. The van der Waals surface area contributed by atoms with E-state index in [1.165, 1.54) is 12.8 Å². The van der Waals surface area contributed by atoms with E-state index in [0.717, 1.165) is 37.7 Å². The van der Waals surface area contributed by atoms with Gasteiger partial charge in [-0.2, -0.15) is 4.98 Å². The molecule has 0 bridgehead atoms. The standard InChI is InChI=1S/C16H19ClN4O.ClH/c17-13-3-1-2-11(8-13)16-19-15(22-20-16)10-21-7-5-14-12(9-21)4-6-18-14;/h1-3,8,12,14,18H,4-7,9-10H2;1H. The molecule has 7 heteroatoms. The molecular weight excluding hydrogens is 335 g/mol. The van der Waals surface area contributed by atoms with Gasteiger partial charge in [-0.05, 0) is 37.4 Å². The molecule has 2 saturated heterocycles. The first-order valence-electron chi connectivity index (χ1n) is 7.82. The van der Waals surface area contributed by atoms with E-state index in [0.29, 0.717) is 22.8 Å². The summed E-state index contributed by atoms with van der Waals surface area (Å²) in [5, 5.41) is 8.34. The molecule has 0 saturated carbocycles. The molecule has 2 aliphatic rings. The van der Waals surface area contributed by atoms with E-state index < -0.39 is 0 Å². The van der Waals surface area contributed by atoms with E-state index in [2.05, 4.69) is 20.4 Å². The van der Waals surface area contributed by atoms with Crippen LogP contribution in [0.25, 0.3) is 11.4 Å². The molecule has 124 valence electrons. The third-order valence-corrected chi connectivity index (χ3v) is 4.88. The van der Waals surface area contributed by atoms with Crippen LogP contribution in [0.15, 0.2) is 28.8 Å². The Labute approximate surface area is 146 Å². The molecule has 2 aliphatic heterocycles. The summed E-state index contributed by atoms with van der Waals surface area (Å²) in [5.74, 6) is 2.05. The highest BCUT2D eigenvalue weighted by Gasteiger charge is 2.32. The molecule has 0 spiro atoms. The van der Waals surface area contributed by atoms with Crippen LogP contribution in [0, 0.1) is 5.92 Å². The SMILES string of the molecule is Cl.Clc1cccc(-c2noc(CN3CCC4NCCC4C3)n2)c1. The van der Waals surface area contributed by atoms with E-state index in [1.54, 1.807) is 0 Å². The average Bonchev–Trinajstić information content (AvgIpc) is 3.16. The first-order valence-corrected chi connectivity index (χ1v) is 8.20. The number of rotatable bonds is 3. The lowest BCUT2D eigenvalue weighted by Crippen LogP contribution is -2.43. The molecule has 5 nitrogen and oxygen atoms in total. The molecule has 0 radical (unpaired) electrons. The fourth-order valence-corrected chi connectivity index (χ4v) is 3.71. The van der Waals surface area contributed by atoms with Gasteiger partial charge in [0, 0.05) is 29.7 Å². The Morgan fingerprint density at radius 1 is 1.35 bits per heavy atom. The topological polar surface area (TPSA) is 54.2 Å². The van der Waals surface area contributed by atoms with Crippen molar-refractivity contribution in [1.29, 1.82) is 0 Å². The van der Waals surface area contributed by atoms with E-state index in [4.69, 9.17) is 16.1 Å². The fourth-order valence-electron chi connectivity index (χ4n) is 3.52. The number of hydrogen-bond acceptors (Lipinski definition) is 5. The molecule has 1 aromatic carbocycles. The van der Waals surface area contributed by atoms with Crippen LogP contribution in [0.4, 0.5) is 0 Å². The van der Waals surface area contributed by atoms with Crippen LogP contribution < -0.4 is 5.32 Å². The summed E-state index contributed by atoms with van der Waals surface area (Å²) >= 11 is 6.01. The Bertz CT molecular complexity index is 663. The van der Waals surface area contributed by atoms with Crippen LogP contribution >= 0.6 is 24.0 Å². The Hall–Kier alpha value is -1.14. The van der Waals surface area contributed by atoms with Gasteiger partial charge in [0.25, 0.3) is 0 Å². The number of hydrogen-bond donors (Lipinski definition) is 1. The second kappa shape index (κ2) is 7.18. The lowest BCUT2D eigenvalue weighted by atomic mass is 9.93. The number of fused-ring (bicyclic) bond motifs is 1. The number of piperidine rings is 1. The molecule has 4 rings (SSSR count). The quantitative estimate of drug-likeness (QED) is 0.917. The van der Waals surface area contributed by atoms with E-state index in [1.807, 2.05) is 24.3 Å². The molecule has 1 N–H and O–H groups in total. The summed E-state index contributed by atoms with van der Waals surface area (Å²) in [6, 6.07) is 8.24. The van der Waals surface area contributed by atoms with Crippen molar-refractivity contribution in [3.8, 4) is 11.4 Å². The van der Waals surface area contributed by atoms with Crippen molar-refractivity contribution < 1.29 is 4.52 Å². The second-order valence-electron chi connectivity index (χ2n) is 6.16. The number of halogens is 2. The summed E-state index contributed by atoms with van der Waals surface area (Å²) in [6.45, 7) is 4.09. The maximum atomic E-state index is 6.01. The summed E-state index contributed by atoms with van der Waals surface area (Å²) < 4.78 is 5.41. The molecule has 2 unspecified atom stereocenters. The molecule has 2 fully saturated rings. The highest BCUT2D eigenvalue weighted by atomic mass is 35.5. The third kappa shape index (κ3) is 3.69. The maximum Gasteiger partial charge on any atom is 0.241 e. The van der Waals surface area contributed by atoms with Gasteiger partial charge in [0.05, 0.1) is 6.54 Å². The van der Waals surface area contributed by atoms with Gasteiger partial charge in [-0.1, -0.05) is 28.9 Å². The Morgan fingerprint density at radius 3 is 3.13 bits per heavy atom. The minimum atomic E-state index is 0. The molecule has 0 amide bonds. The van der Waals surface area contributed by atoms with Crippen LogP contribution in [0.3, 0.4) is 0 Å². The molecular formula is C16H20Cl2N4O. The van der Waals surface area contributed by atoms with Gasteiger partial charge in [-0.25, -0.2) is 0 Å². The summed E-state index contributed by atoms with van der Waals surface area (Å²) in [6.07, 6.45) is 2.48. The predicted molar refractivity (Wildman–Crippen MR) is 91.8 cm³/mol. The van der Waals surface area contributed by atoms with Gasteiger partial charge in [0.1, 0.15) is 0 Å². The number of benzene rings is 1.